The summed E-state index contributed by atoms with van der Waals surface area (Å²) in [5.74, 6) is 0.562. The van der Waals surface area contributed by atoms with Crippen molar-refractivity contribution in [1.29, 1.82) is 0 Å². The van der Waals surface area contributed by atoms with E-state index in [4.69, 9.17) is 10.5 Å². The predicted octanol–water partition coefficient (Wildman–Crippen LogP) is 3.41. The molecule has 162 valence electrons. The maximum absolute atomic E-state index is 12.7. The molecular formula is C24H22N4O3S. The highest BCUT2D eigenvalue weighted by molar-refractivity contribution is 8.18. The van der Waals surface area contributed by atoms with Gasteiger partial charge in [0.2, 0.25) is 0 Å². The minimum absolute atomic E-state index is 0.256. The first-order valence-corrected chi connectivity index (χ1v) is 11.2. The molecule has 1 saturated heterocycles. The van der Waals surface area contributed by atoms with Gasteiger partial charge in [-0.2, -0.15) is 4.99 Å². The molecule has 3 heterocycles. The second-order valence-electron chi connectivity index (χ2n) is 7.71. The highest BCUT2D eigenvalue weighted by atomic mass is 32.2. The van der Waals surface area contributed by atoms with Crippen LogP contribution in [0.3, 0.4) is 0 Å². The number of nitrogens with zero attached hydrogens (tertiary/aromatic N) is 3. The zero-order chi connectivity index (χ0) is 22.1. The number of urea groups is 1. The average Bonchev–Trinajstić information content (AvgIpc) is 3.19. The van der Waals surface area contributed by atoms with Crippen molar-refractivity contribution in [1.82, 2.24) is 9.80 Å². The molecule has 7 nitrogen and oxygen atoms in total. The standard InChI is InChI=1S/C24H22N4O3S/c25-23(30)27-10-12-28(13-11-27)24-26-22(29)20(32-24)15-18-14-17-8-4-5-9-19(17)31-21(18)16-6-2-1-3-7-16/h1-9,14-15,21H,10-13H2,(H2,25,30)/b20-15+. The van der Waals surface area contributed by atoms with Crippen molar-refractivity contribution in [3.63, 3.8) is 0 Å². The van der Waals surface area contributed by atoms with Crippen LogP contribution < -0.4 is 10.5 Å². The van der Waals surface area contributed by atoms with Crippen LogP contribution in [0.25, 0.3) is 6.08 Å². The molecule has 0 radical (unpaired) electrons. The molecule has 2 N–H and O–H groups in total. The van der Waals surface area contributed by atoms with Crippen molar-refractivity contribution in [3.8, 4) is 5.75 Å². The van der Waals surface area contributed by atoms with E-state index in [-0.39, 0.29) is 12.0 Å². The van der Waals surface area contributed by atoms with Gasteiger partial charge in [0.25, 0.3) is 5.91 Å². The molecule has 0 aromatic heterocycles. The second kappa shape index (κ2) is 8.55. The number of nitrogens with two attached hydrogens (primary N) is 1. The first kappa shape index (κ1) is 20.4. The van der Waals surface area contributed by atoms with Gasteiger partial charge in [-0.3, -0.25) is 4.79 Å². The Balaban J connectivity index is 1.40. The Labute approximate surface area is 190 Å². The van der Waals surface area contributed by atoms with Crippen LogP contribution >= 0.6 is 11.8 Å². The summed E-state index contributed by atoms with van der Waals surface area (Å²) in [6.07, 6.45) is 3.65. The van der Waals surface area contributed by atoms with Crippen molar-refractivity contribution >= 4 is 34.9 Å². The van der Waals surface area contributed by atoms with E-state index in [1.165, 1.54) is 11.8 Å². The second-order valence-corrected chi connectivity index (χ2v) is 8.72. The van der Waals surface area contributed by atoms with Crippen LogP contribution in [0.1, 0.15) is 17.2 Å². The molecule has 0 spiro atoms. The molecule has 3 aliphatic heterocycles. The predicted molar refractivity (Wildman–Crippen MR) is 125 cm³/mol. The highest BCUT2D eigenvalue weighted by Crippen LogP contribution is 2.40. The van der Waals surface area contributed by atoms with E-state index in [9.17, 15) is 9.59 Å². The minimum atomic E-state index is -0.418. The summed E-state index contributed by atoms with van der Waals surface area (Å²) in [7, 11) is 0. The molecule has 0 aliphatic carbocycles. The number of rotatable bonds is 2. The molecule has 3 amide bonds. The Kier molecular flexibility index (Phi) is 5.45. The number of para-hydroxylation sites is 1. The van der Waals surface area contributed by atoms with Crippen LogP contribution in [0.15, 0.2) is 76.1 Å². The maximum Gasteiger partial charge on any atom is 0.314 e. The molecule has 8 heteroatoms. The summed E-state index contributed by atoms with van der Waals surface area (Å²) in [6.45, 7) is 2.24. The topological polar surface area (TPSA) is 88.2 Å². The summed E-state index contributed by atoms with van der Waals surface area (Å²) in [5, 5.41) is 0.666. The van der Waals surface area contributed by atoms with Crippen molar-refractivity contribution in [3.05, 3.63) is 82.3 Å². The van der Waals surface area contributed by atoms with Gasteiger partial charge in [0.05, 0.1) is 4.91 Å². The van der Waals surface area contributed by atoms with Crippen molar-refractivity contribution < 1.29 is 14.3 Å². The van der Waals surface area contributed by atoms with Gasteiger partial charge < -0.3 is 20.3 Å². The number of hydrogen-bond donors (Lipinski definition) is 1. The number of carbonyl (C=O) groups excluding carboxylic acids is 2. The third-order valence-electron chi connectivity index (χ3n) is 5.66. The van der Waals surface area contributed by atoms with Crippen molar-refractivity contribution in [2.24, 2.45) is 10.7 Å². The number of fused-ring (bicyclic) bond motifs is 1. The fourth-order valence-corrected chi connectivity index (χ4v) is 4.93. The number of amides is 3. The molecule has 0 bridgehead atoms. The molecule has 1 atom stereocenters. The molecule has 1 fully saturated rings. The average molecular weight is 447 g/mol. The van der Waals surface area contributed by atoms with E-state index in [0.717, 1.165) is 22.4 Å². The van der Waals surface area contributed by atoms with Gasteiger partial charge in [-0.1, -0.05) is 48.5 Å². The quantitative estimate of drug-likeness (QED) is 0.715. The van der Waals surface area contributed by atoms with E-state index in [2.05, 4.69) is 11.1 Å². The number of benzene rings is 2. The van der Waals surface area contributed by atoms with Gasteiger partial charge in [0, 0.05) is 31.7 Å². The number of carbonyl (C=O) groups is 2. The van der Waals surface area contributed by atoms with Crippen molar-refractivity contribution in [2.45, 2.75) is 6.10 Å². The van der Waals surface area contributed by atoms with Gasteiger partial charge in [0.1, 0.15) is 11.9 Å². The lowest BCUT2D eigenvalue weighted by Gasteiger charge is -2.34. The zero-order valence-electron chi connectivity index (χ0n) is 17.3. The Morgan fingerprint density at radius 1 is 1.06 bits per heavy atom. The third-order valence-corrected chi connectivity index (χ3v) is 6.70. The molecule has 3 aliphatic rings. The lowest BCUT2D eigenvalue weighted by Crippen LogP contribution is -2.51. The number of primary amides is 1. The Morgan fingerprint density at radius 3 is 2.53 bits per heavy atom. The number of ether oxygens (including phenoxy) is 1. The maximum atomic E-state index is 12.7. The number of hydrogen-bond acceptors (Lipinski definition) is 5. The lowest BCUT2D eigenvalue weighted by atomic mass is 9.95. The summed E-state index contributed by atoms with van der Waals surface area (Å²) in [5.41, 5.74) is 8.26. The SMILES string of the molecule is NC(=O)N1CCN(C2=NC(=O)/C(=C\C3=Cc4ccccc4OC3c3ccccc3)S2)CC1. The van der Waals surface area contributed by atoms with Crippen molar-refractivity contribution in [2.75, 3.05) is 26.2 Å². The molecular weight excluding hydrogens is 424 g/mol. The van der Waals surface area contributed by atoms with E-state index < -0.39 is 6.03 Å². The number of amidine groups is 1. The summed E-state index contributed by atoms with van der Waals surface area (Å²) < 4.78 is 6.32. The van der Waals surface area contributed by atoms with Crippen LogP contribution in [-0.2, 0) is 4.79 Å². The minimum Gasteiger partial charge on any atom is -0.480 e. The summed E-state index contributed by atoms with van der Waals surface area (Å²) in [4.78, 5) is 32.5. The number of piperazine rings is 1. The fourth-order valence-electron chi connectivity index (χ4n) is 3.97. The van der Waals surface area contributed by atoms with Gasteiger partial charge in [0.15, 0.2) is 5.17 Å². The zero-order valence-corrected chi connectivity index (χ0v) is 18.1. The van der Waals surface area contributed by atoms with E-state index in [1.54, 1.807) is 4.90 Å². The lowest BCUT2D eigenvalue weighted by molar-refractivity contribution is -0.113. The first-order valence-electron chi connectivity index (χ1n) is 10.4. The molecule has 2 aromatic carbocycles. The molecule has 5 rings (SSSR count). The Morgan fingerprint density at radius 2 is 1.78 bits per heavy atom. The van der Waals surface area contributed by atoms with Gasteiger partial charge in [-0.25, -0.2) is 4.79 Å². The molecule has 0 saturated carbocycles. The Hall–Kier alpha value is -3.52. The smallest absolute Gasteiger partial charge is 0.314 e. The largest absolute Gasteiger partial charge is 0.480 e. The first-order chi connectivity index (χ1) is 15.6. The van der Waals surface area contributed by atoms with Gasteiger partial charge >= 0.3 is 6.03 Å². The molecule has 1 unspecified atom stereocenters. The highest BCUT2D eigenvalue weighted by Gasteiger charge is 2.31. The van der Waals surface area contributed by atoms with Crippen LogP contribution in [0.4, 0.5) is 4.79 Å². The third kappa shape index (κ3) is 4.01. The van der Waals surface area contributed by atoms with Crippen LogP contribution in [0.2, 0.25) is 0 Å². The van der Waals surface area contributed by atoms with E-state index in [0.29, 0.717) is 36.3 Å². The van der Waals surface area contributed by atoms with Gasteiger partial charge in [-0.05, 0) is 41.1 Å². The van der Waals surface area contributed by atoms with Gasteiger partial charge in [-0.15, -0.1) is 0 Å². The van der Waals surface area contributed by atoms with E-state index >= 15 is 0 Å². The van der Waals surface area contributed by atoms with Crippen LogP contribution in [0.5, 0.6) is 5.75 Å². The normalized spacial score (nSPS) is 21.7. The van der Waals surface area contributed by atoms with E-state index in [1.807, 2.05) is 65.6 Å². The number of thioether (sulfide) groups is 1. The number of aliphatic imine (C=N–C) groups is 1. The molecule has 2 aromatic rings. The molecule has 32 heavy (non-hydrogen) atoms. The summed E-state index contributed by atoms with van der Waals surface area (Å²) >= 11 is 1.36. The fraction of sp³-hybridized carbons (Fsp3) is 0.208. The summed E-state index contributed by atoms with van der Waals surface area (Å²) in [6, 6.07) is 17.4. The van der Waals surface area contributed by atoms with Crippen LogP contribution in [0, 0.1) is 0 Å². The Bertz CT molecular complexity index is 1150. The van der Waals surface area contributed by atoms with Crippen LogP contribution in [-0.4, -0.2) is 53.1 Å². The monoisotopic (exact) mass is 446 g/mol.